The van der Waals surface area contributed by atoms with Crippen LogP contribution >= 0.6 is 0 Å². The number of amides is 2. The summed E-state index contributed by atoms with van der Waals surface area (Å²) >= 11 is 0. The van der Waals surface area contributed by atoms with Gasteiger partial charge in [-0.1, -0.05) is 12.6 Å². The summed E-state index contributed by atoms with van der Waals surface area (Å²) in [6, 6.07) is 4.70. The van der Waals surface area contributed by atoms with E-state index in [1.54, 1.807) is 15.6 Å². The molecule has 30 heavy (non-hydrogen) atoms. The highest BCUT2D eigenvalue weighted by Gasteiger charge is 2.33. The third-order valence-corrected chi connectivity index (χ3v) is 6.23. The van der Waals surface area contributed by atoms with Crippen LogP contribution in [-0.2, 0) is 17.6 Å². The van der Waals surface area contributed by atoms with Gasteiger partial charge in [-0.15, -0.1) is 0 Å². The molecule has 2 heterocycles. The topological polar surface area (TPSA) is 107 Å². The van der Waals surface area contributed by atoms with Crippen molar-refractivity contribution >= 4 is 17.6 Å². The molecule has 2 unspecified atom stereocenters. The molecule has 4 N–H and O–H groups in total. The molecule has 1 aliphatic heterocycles. The van der Waals surface area contributed by atoms with Crippen LogP contribution in [0.25, 0.3) is 0 Å². The number of likely N-dealkylation sites (tertiary alicyclic amines) is 1. The molecular weight excluding hydrogens is 385 g/mol. The smallest absolute Gasteiger partial charge is 0.254 e. The molecule has 4 rings (SSSR count). The first-order chi connectivity index (χ1) is 14.4. The van der Waals surface area contributed by atoms with E-state index in [1.807, 2.05) is 6.07 Å². The van der Waals surface area contributed by atoms with Gasteiger partial charge in [0, 0.05) is 19.0 Å². The zero-order chi connectivity index (χ0) is 21.4. The second-order valence-corrected chi connectivity index (χ2v) is 8.09. The van der Waals surface area contributed by atoms with Crippen molar-refractivity contribution in [2.75, 3.05) is 18.8 Å². The van der Waals surface area contributed by atoms with Crippen molar-refractivity contribution in [3.8, 4) is 0 Å². The summed E-state index contributed by atoms with van der Waals surface area (Å²) in [5.41, 5.74) is 14.9. The third-order valence-electron chi connectivity index (χ3n) is 6.23. The van der Waals surface area contributed by atoms with Crippen molar-refractivity contribution in [2.24, 2.45) is 5.73 Å². The lowest BCUT2D eigenvalue weighted by Crippen LogP contribution is -2.40. The minimum absolute atomic E-state index is 0.0696. The molecule has 8 heteroatoms. The zero-order valence-electron chi connectivity index (χ0n) is 16.8. The number of carbonyl (C=O) groups is 2. The van der Waals surface area contributed by atoms with E-state index in [4.69, 9.17) is 16.6 Å². The van der Waals surface area contributed by atoms with Gasteiger partial charge in [-0.2, -0.15) is 5.10 Å². The normalized spacial score (nSPS) is 21.2. The number of aromatic nitrogens is 2. The molecule has 0 spiro atoms. The van der Waals surface area contributed by atoms with Crippen LogP contribution in [0.1, 0.15) is 58.4 Å². The molecule has 158 valence electrons. The molecular formula is C22H26FN5O2. The van der Waals surface area contributed by atoms with Crippen LogP contribution in [-0.4, -0.2) is 39.6 Å². The quantitative estimate of drug-likeness (QED) is 0.753. The number of fused-ring (bicyclic) bond motifs is 1. The molecule has 0 radical (unpaired) electrons. The number of nitrogens with two attached hydrogens (primary N) is 2. The Morgan fingerprint density at radius 1 is 1.27 bits per heavy atom. The number of hydrogen-bond donors (Lipinski definition) is 2. The molecule has 2 amide bonds. The van der Waals surface area contributed by atoms with Crippen molar-refractivity contribution in [1.29, 1.82) is 0 Å². The molecule has 2 aliphatic rings. The zero-order valence-corrected chi connectivity index (χ0v) is 16.8. The number of hydrogen-bond acceptors (Lipinski definition) is 4. The Labute approximate surface area is 174 Å². The first-order valence-corrected chi connectivity index (χ1v) is 10.2. The van der Waals surface area contributed by atoms with Gasteiger partial charge in [-0.3, -0.25) is 9.59 Å². The maximum atomic E-state index is 13.7. The van der Waals surface area contributed by atoms with Gasteiger partial charge in [0.05, 0.1) is 11.7 Å². The molecule has 2 aromatic rings. The van der Waals surface area contributed by atoms with Gasteiger partial charge in [-0.25, -0.2) is 9.07 Å². The fourth-order valence-corrected chi connectivity index (χ4v) is 4.72. The Morgan fingerprint density at radius 3 is 2.80 bits per heavy atom. The SMILES string of the molecule is C=CC(=O)N1CCCC(n2nc(C3CCc4ccc(F)cc4C3)c(C(N)=O)c2N)C1. The molecule has 1 saturated heterocycles. The Hall–Kier alpha value is -3.16. The average molecular weight is 411 g/mol. The first-order valence-electron chi connectivity index (χ1n) is 10.2. The summed E-state index contributed by atoms with van der Waals surface area (Å²) < 4.78 is 15.4. The van der Waals surface area contributed by atoms with E-state index < -0.39 is 5.91 Å². The van der Waals surface area contributed by atoms with E-state index in [-0.39, 0.29) is 35.1 Å². The summed E-state index contributed by atoms with van der Waals surface area (Å²) in [5, 5.41) is 4.73. The largest absolute Gasteiger partial charge is 0.383 e. The standard InChI is InChI=1S/C22H26FN5O2/c1-2-18(29)27-9-3-4-17(12-27)28-21(24)19(22(25)30)20(26-28)14-6-5-13-7-8-16(23)11-15(13)10-14/h2,7-8,11,14,17H,1,3-6,9-10,12,24H2,(H2,25,30). The number of aryl methyl sites for hydroxylation is 1. The molecule has 1 aromatic heterocycles. The molecule has 0 bridgehead atoms. The lowest BCUT2D eigenvalue weighted by molar-refractivity contribution is -0.127. The number of piperidine rings is 1. The van der Waals surface area contributed by atoms with Crippen LogP contribution < -0.4 is 11.5 Å². The number of anilines is 1. The van der Waals surface area contributed by atoms with Crippen LogP contribution in [0.4, 0.5) is 10.2 Å². The first kappa shape index (κ1) is 20.1. The number of halogens is 1. The molecule has 1 aliphatic carbocycles. The molecule has 2 atom stereocenters. The van der Waals surface area contributed by atoms with Crippen molar-refractivity contribution in [3.63, 3.8) is 0 Å². The van der Waals surface area contributed by atoms with Gasteiger partial charge in [0.2, 0.25) is 5.91 Å². The van der Waals surface area contributed by atoms with E-state index in [1.165, 1.54) is 12.1 Å². The van der Waals surface area contributed by atoms with Gasteiger partial charge in [0.25, 0.3) is 5.91 Å². The Kier molecular flexibility index (Phi) is 5.32. The fraction of sp³-hybridized carbons (Fsp3) is 0.409. The summed E-state index contributed by atoms with van der Waals surface area (Å²) in [4.78, 5) is 26.0. The summed E-state index contributed by atoms with van der Waals surface area (Å²) in [6.45, 7) is 4.66. The molecule has 7 nitrogen and oxygen atoms in total. The predicted molar refractivity (Wildman–Crippen MR) is 111 cm³/mol. The highest BCUT2D eigenvalue weighted by molar-refractivity contribution is 5.98. The van der Waals surface area contributed by atoms with Crippen LogP contribution in [0, 0.1) is 5.82 Å². The van der Waals surface area contributed by atoms with E-state index in [0.29, 0.717) is 25.2 Å². The number of carbonyl (C=O) groups excluding carboxylic acids is 2. The lowest BCUT2D eigenvalue weighted by Gasteiger charge is -2.32. The Morgan fingerprint density at radius 2 is 2.07 bits per heavy atom. The highest BCUT2D eigenvalue weighted by Crippen LogP contribution is 2.37. The van der Waals surface area contributed by atoms with E-state index >= 15 is 0 Å². The third kappa shape index (κ3) is 3.58. The van der Waals surface area contributed by atoms with Gasteiger partial charge < -0.3 is 16.4 Å². The van der Waals surface area contributed by atoms with E-state index in [9.17, 15) is 14.0 Å². The second kappa shape index (κ2) is 7.93. The highest BCUT2D eigenvalue weighted by atomic mass is 19.1. The lowest BCUT2D eigenvalue weighted by atomic mass is 9.81. The van der Waals surface area contributed by atoms with E-state index in [2.05, 4.69) is 6.58 Å². The van der Waals surface area contributed by atoms with E-state index in [0.717, 1.165) is 36.8 Å². The fourth-order valence-electron chi connectivity index (χ4n) is 4.72. The minimum atomic E-state index is -0.617. The predicted octanol–water partition coefficient (Wildman–Crippen LogP) is 2.33. The molecule has 1 fully saturated rings. The van der Waals surface area contributed by atoms with Gasteiger partial charge in [-0.05, 0) is 61.4 Å². The number of primary amides is 1. The monoisotopic (exact) mass is 411 g/mol. The number of rotatable bonds is 4. The van der Waals surface area contributed by atoms with Crippen molar-refractivity contribution in [1.82, 2.24) is 14.7 Å². The number of nitrogen functional groups attached to an aromatic ring is 1. The minimum Gasteiger partial charge on any atom is -0.383 e. The van der Waals surface area contributed by atoms with Crippen molar-refractivity contribution in [3.05, 3.63) is 59.1 Å². The van der Waals surface area contributed by atoms with Crippen molar-refractivity contribution < 1.29 is 14.0 Å². The van der Waals surface area contributed by atoms with Gasteiger partial charge >= 0.3 is 0 Å². The number of benzene rings is 1. The molecule has 0 saturated carbocycles. The Balaban J connectivity index is 1.67. The maximum absolute atomic E-state index is 13.7. The summed E-state index contributed by atoms with van der Waals surface area (Å²) in [5.74, 6) is -0.857. The van der Waals surface area contributed by atoms with Crippen LogP contribution in [0.5, 0.6) is 0 Å². The van der Waals surface area contributed by atoms with Crippen molar-refractivity contribution in [2.45, 2.75) is 44.1 Å². The van der Waals surface area contributed by atoms with Gasteiger partial charge in [0.1, 0.15) is 17.2 Å². The van der Waals surface area contributed by atoms with Crippen LogP contribution in [0.15, 0.2) is 30.9 Å². The average Bonchev–Trinajstić information content (AvgIpc) is 3.10. The summed E-state index contributed by atoms with van der Waals surface area (Å²) in [6.07, 6.45) is 5.03. The van der Waals surface area contributed by atoms with Crippen LogP contribution in [0.2, 0.25) is 0 Å². The van der Waals surface area contributed by atoms with Crippen LogP contribution in [0.3, 0.4) is 0 Å². The Bertz CT molecular complexity index is 1020. The number of nitrogens with zero attached hydrogens (tertiary/aromatic N) is 3. The summed E-state index contributed by atoms with van der Waals surface area (Å²) in [7, 11) is 0. The molecule has 1 aromatic carbocycles. The maximum Gasteiger partial charge on any atom is 0.254 e. The van der Waals surface area contributed by atoms with Gasteiger partial charge in [0.15, 0.2) is 0 Å². The second-order valence-electron chi connectivity index (χ2n) is 8.09.